The molecule has 19 heavy (non-hydrogen) atoms. The highest BCUT2D eigenvalue weighted by Crippen LogP contribution is 2.28. The maximum atomic E-state index is 5.75. The Hall–Kier alpha value is -0.120. The van der Waals surface area contributed by atoms with Crippen molar-refractivity contribution in [3.05, 3.63) is 0 Å². The molecule has 2 fully saturated rings. The molecule has 1 N–H and O–H groups in total. The number of ether oxygens (including phenoxy) is 1. The third kappa shape index (κ3) is 5.05. The summed E-state index contributed by atoms with van der Waals surface area (Å²) in [6.45, 7) is 14.7. The lowest BCUT2D eigenvalue weighted by Gasteiger charge is -2.46. The molecule has 0 aromatic carbocycles. The molecule has 0 aromatic rings. The van der Waals surface area contributed by atoms with E-state index < -0.39 is 0 Å². The van der Waals surface area contributed by atoms with Crippen LogP contribution in [0.25, 0.3) is 0 Å². The van der Waals surface area contributed by atoms with Crippen LogP contribution in [0.2, 0.25) is 0 Å². The van der Waals surface area contributed by atoms with Crippen LogP contribution in [0.1, 0.15) is 47.0 Å². The Morgan fingerprint density at radius 2 is 2.05 bits per heavy atom. The third-order valence-corrected chi connectivity index (χ3v) is 4.41. The van der Waals surface area contributed by atoms with Gasteiger partial charge >= 0.3 is 0 Å². The van der Waals surface area contributed by atoms with E-state index in [-0.39, 0.29) is 5.54 Å². The van der Waals surface area contributed by atoms with Gasteiger partial charge in [0, 0.05) is 44.4 Å². The number of hydrogen-bond donors (Lipinski definition) is 1. The van der Waals surface area contributed by atoms with Crippen molar-refractivity contribution in [2.24, 2.45) is 11.8 Å². The molecule has 2 rings (SSSR count). The second kappa shape index (κ2) is 6.55. The summed E-state index contributed by atoms with van der Waals surface area (Å²) in [5.74, 6) is 1.61. The predicted molar refractivity (Wildman–Crippen MR) is 80.4 cm³/mol. The van der Waals surface area contributed by atoms with Crippen LogP contribution in [0.3, 0.4) is 0 Å². The van der Waals surface area contributed by atoms with Gasteiger partial charge in [0.25, 0.3) is 0 Å². The first kappa shape index (κ1) is 15.3. The first-order valence-electron chi connectivity index (χ1n) is 8.05. The van der Waals surface area contributed by atoms with Crippen molar-refractivity contribution in [2.45, 2.75) is 58.5 Å². The summed E-state index contributed by atoms with van der Waals surface area (Å²) in [5.41, 5.74) is 0.250. The zero-order valence-electron chi connectivity index (χ0n) is 13.2. The molecule has 1 aliphatic heterocycles. The smallest absolute Gasteiger partial charge is 0.0494 e. The van der Waals surface area contributed by atoms with Crippen molar-refractivity contribution in [1.82, 2.24) is 10.2 Å². The maximum absolute atomic E-state index is 5.75. The molecule has 1 saturated carbocycles. The van der Waals surface area contributed by atoms with Crippen molar-refractivity contribution >= 4 is 0 Å². The van der Waals surface area contributed by atoms with Gasteiger partial charge in [0.15, 0.2) is 0 Å². The minimum atomic E-state index is 0.250. The summed E-state index contributed by atoms with van der Waals surface area (Å²) in [4.78, 5) is 2.67. The predicted octanol–water partition coefficient (Wildman–Crippen LogP) is 2.51. The first-order chi connectivity index (χ1) is 8.98. The summed E-state index contributed by atoms with van der Waals surface area (Å²) in [6.07, 6.45) is 3.95. The van der Waals surface area contributed by atoms with Gasteiger partial charge in [-0.3, -0.25) is 4.90 Å². The van der Waals surface area contributed by atoms with Crippen LogP contribution < -0.4 is 5.32 Å². The lowest BCUT2D eigenvalue weighted by atomic mass is 9.93. The van der Waals surface area contributed by atoms with Gasteiger partial charge in [-0.2, -0.15) is 0 Å². The van der Waals surface area contributed by atoms with Gasteiger partial charge in [-0.25, -0.2) is 0 Å². The van der Waals surface area contributed by atoms with Gasteiger partial charge in [-0.05, 0) is 44.9 Å². The Morgan fingerprint density at radius 1 is 1.32 bits per heavy atom. The Bertz CT molecular complexity index is 274. The van der Waals surface area contributed by atoms with Gasteiger partial charge in [0.05, 0.1) is 0 Å². The van der Waals surface area contributed by atoms with Gasteiger partial charge in [0.1, 0.15) is 0 Å². The molecule has 3 nitrogen and oxygen atoms in total. The largest absolute Gasteiger partial charge is 0.381 e. The van der Waals surface area contributed by atoms with Crippen molar-refractivity contribution < 1.29 is 4.74 Å². The van der Waals surface area contributed by atoms with Crippen LogP contribution in [0.4, 0.5) is 0 Å². The molecule has 1 unspecified atom stereocenters. The molecule has 0 aromatic heterocycles. The summed E-state index contributed by atoms with van der Waals surface area (Å²) < 4.78 is 5.75. The zero-order chi connectivity index (χ0) is 13.9. The summed E-state index contributed by atoms with van der Waals surface area (Å²) in [7, 11) is 0. The Balaban J connectivity index is 1.70. The molecule has 2 aliphatic rings. The minimum absolute atomic E-state index is 0.250. The molecule has 3 heteroatoms. The van der Waals surface area contributed by atoms with Crippen molar-refractivity contribution in [3.63, 3.8) is 0 Å². The van der Waals surface area contributed by atoms with E-state index in [4.69, 9.17) is 4.74 Å². The van der Waals surface area contributed by atoms with Crippen LogP contribution in [0, 0.1) is 11.8 Å². The average molecular weight is 268 g/mol. The lowest BCUT2D eigenvalue weighted by Crippen LogP contribution is -2.63. The van der Waals surface area contributed by atoms with E-state index in [1.165, 1.54) is 25.8 Å². The fourth-order valence-corrected chi connectivity index (χ4v) is 3.00. The SMILES string of the molecule is CC(C)C1CNC(C)(C)CN1CCCOCC1CC1. The van der Waals surface area contributed by atoms with E-state index in [0.29, 0.717) is 6.04 Å². The molecule has 0 amide bonds. The van der Waals surface area contributed by atoms with Crippen molar-refractivity contribution in [3.8, 4) is 0 Å². The van der Waals surface area contributed by atoms with Crippen molar-refractivity contribution in [2.75, 3.05) is 32.8 Å². The minimum Gasteiger partial charge on any atom is -0.381 e. The molecule has 1 aliphatic carbocycles. The summed E-state index contributed by atoms with van der Waals surface area (Å²) in [6, 6.07) is 0.677. The molecule has 112 valence electrons. The highest BCUT2D eigenvalue weighted by Gasteiger charge is 2.33. The van der Waals surface area contributed by atoms with Crippen LogP contribution >= 0.6 is 0 Å². The summed E-state index contributed by atoms with van der Waals surface area (Å²) in [5, 5.41) is 3.67. The van der Waals surface area contributed by atoms with Crippen LogP contribution in [0.15, 0.2) is 0 Å². The van der Waals surface area contributed by atoms with E-state index in [1.54, 1.807) is 0 Å². The number of rotatable bonds is 7. The molecular formula is C16H32N2O. The quantitative estimate of drug-likeness (QED) is 0.718. The fourth-order valence-electron chi connectivity index (χ4n) is 3.00. The first-order valence-corrected chi connectivity index (χ1v) is 8.05. The Morgan fingerprint density at radius 3 is 2.68 bits per heavy atom. The fraction of sp³-hybridized carbons (Fsp3) is 1.00. The van der Waals surface area contributed by atoms with Gasteiger partial charge in [-0.15, -0.1) is 0 Å². The van der Waals surface area contributed by atoms with Crippen molar-refractivity contribution in [1.29, 1.82) is 0 Å². The highest BCUT2D eigenvalue weighted by atomic mass is 16.5. The third-order valence-electron chi connectivity index (χ3n) is 4.41. The Kier molecular flexibility index (Phi) is 5.27. The number of hydrogen-bond acceptors (Lipinski definition) is 3. The Labute approximate surface area is 119 Å². The molecule has 0 spiro atoms. The topological polar surface area (TPSA) is 24.5 Å². The number of nitrogens with zero attached hydrogens (tertiary/aromatic N) is 1. The van der Waals surface area contributed by atoms with Crippen LogP contribution in [0.5, 0.6) is 0 Å². The van der Waals surface area contributed by atoms with Gasteiger partial charge < -0.3 is 10.1 Å². The molecule has 0 bridgehead atoms. The molecular weight excluding hydrogens is 236 g/mol. The van der Waals surface area contributed by atoms with Gasteiger partial charge in [-0.1, -0.05) is 13.8 Å². The number of nitrogens with one attached hydrogen (secondary N) is 1. The normalized spacial score (nSPS) is 27.9. The van der Waals surface area contributed by atoms with Gasteiger partial charge in [0.2, 0.25) is 0 Å². The highest BCUT2D eigenvalue weighted by molar-refractivity contribution is 4.93. The van der Waals surface area contributed by atoms with E-state index >= 15 is 0 Å². The lowest BCUT2D eigenvalue weighted by molar-refractivity contribution is 0.0532. The van der Waals surface area contributed by atoms with Crippen LogP contribution in [-0.2, 0) is 4.74 Å². The van der Waals surface area contributed by atoms with Crippen LogP contribution in [-0.4, -0.2) is 49.3 Å². The van der Waals surface area contributed by atoms with E-state index in [1.807, 2.05) is 0 Å². The average Bonchev–Trinajstić information content (AvgIpc) is 3.11. The van der Waals surface area contributed by atoms with E-state index in [9.17, 15) is 0 Å². The maximum Gasteiger partial charge on any atom is 0.0494 e. The van der Waals surface area contributed by atoms with E-state index in [0.717, 1.165) is 38.1 Å². The van der Waals surface area contributed by atoms with E-state index in [2.05, 4.69) is 37.9 Å². The molecule has 1 atom stereocenters. The summed E-state index contributed by atoms with van der Waals surface area (Å²) >= 11 is 0. The molecule has 1 saturated heterocycles. The number of piperazine rings is 1. The molecule has 0 radical (unpaired) electrons. The second-order valence-electron chi connectivity index (χ2n) is 7.42. The monoisotopic (exact) mass is 268 g/mol. The standard InChI is InChI=1S/C16H32N2O/c1-13(2)15-10-17-16(3,4)12-18(15)8-5-9-19-11-14-6-7-14/h13-15,17H,5-12H2,1-4H3. The zero-order valence-corrected chi connectivity index (χ0v) is 13.2. The second-order valence-corrected chi connectivity index (χ2v) is 7.42. The molecule has 1 heterocycles.